The second kappa shape index (κ2) is 10.7. The number of alkyl carbamates (subject to hydrolysis) is 1. The van der Waals surface area contributed by atoms with Gasteiger partial charge in [-0.1, -0.05) is 62.4 Å². The van der Waals surface area contributed by atoms with Gasteiger partial charge in [0.05, 0.1) is 12.0 Å². The van der Waals surface area contributed by atoms with Gasteiger partial charge in [0.25, 0.3) is 0 Å². The lowest BCUT2D eigenvalue weighted by Gasteiger charge is -2.32. The van der Waals surface area contributed by atoms with Crippen molar-refractivity contribution < 1.29 is 29.3 Å². The number of hydrogen-bond donors (Lipinski definition) is 3. The number of rotatable bonds is 10. The summed E-state index contributed by atoms with van der Waals surface area (Å²) in [5, 5.41) is 22.2. The minimum atomic E-state index is -1.31. The minimum absolute atomic E-state index is 0.0291. The van der Waals surface area contributed by atoms with Gasteiger partial charge in [-0.2, -0.15) is 0 Å². The maximum Gasteiger partial charge on any atom is 0.407 e. The van der Waals surface area contributed by atoms with Gasteiger partial charge < -0.3 is 25.2 Å². The highest BCUT2D eigenvalue weighted by Crippen LogP contribution is 2.44. The number of carboxylic acids is 1. The van der Waals surface area contributed by atoms with Crippen LogP contribution in [0.4, 0.5) is 4.79 Å². The quantitative estimate of drug-likeness (QED) is 0.492. The fourth-order valence-corrected chi connectivity index (χ4v) is 4.42. The summed E-state index contributed by atoms with van der Waals surface area (Å²) in [4.78, 5) is 38.1. The Labute approximate surface area is 199 Å². The first-order chi connectivity index (χ1) is 16.2. The molecular formula is C26H32N2O6. The summed E-state index contributed by atoms with van der Waals surface area (Å²) in [7, 11) is 1.48. The van der Waals surface area contributed by atoms with Gasteiger partial charge in [-0.3, -0.25) is 9.59 Å². The molecule has 8 nitrogen and oxygen atoms in total. The first kappa shape index (κ1) is 25.2. The van der Waals surface area contributed by atoms with Crippen LogP contribution in [0.25, 0.3) is 11.1 Å². The monoisotopic (exact) mass is 468 g/mol. The molecule has 1 aliphatic rings. The van der Waals surface area contributed by atoms with Gasteiger partial charge in [-0.15, -0.1) is 0 Å². The number of fused-ring (bicyclic) bond motifs is 3. The number of aliphatic carboxylic acids is 1. The molecule has 2 amide bonds. The molecule has 0 aliphatic heterocycles. The number of benzene rings is 2. The lowest BCUT2D eigenvalue weighted by atomic mass is 9.96. The number of nitrogens with zero attached hydrogens (tertiary/aromatic N) is 1. The molecule has 3 N–H and O–H groups in total. The van der Waals surface area contributed by atoms with Crippen molar-refractivity contribution >= 4 is 18.0 Å². The lowest BCUT2D eigenvalue weighted by molar-refractivity contribution is -0.143. The predicted octanol–water partition coefficient (Wildman–Crippen LogP) is 3.38. The van der Waals surface area contributed by atoms with E-state index in [2.05, 4.69) is 5.32 Å². The molecular weight excluding hydrogens is 436 g/mol. The summed E-state index contributed by atoms with van der Waals surface area (Å²) in [5.74, 6) is -1.98. The van der Waals surface area contributed by atoms with Crippen LogP contribution < -0.4 is 5.32 Å². The average molecular weight is 469 g/mol. The standard InChI is InChI=1S/C26H32N2O6/c1-4-26(33,5-2)16-28(3)24(31)22(14-23(29)30)27-25(32)34-15-21-19-12-8-6-10-17(19)18-11-7-9-13-20(18)21/h6-13,21-22,33H,4-5,14-16H2,1-3H3,(H,27,32)(H,29,30). The Hall–Kier alpha value is -3.39. The molecule has 182 valence electrons. The van der Waals surface area contributed by atoms with Gasteiger partial charge in [0.15, 0.2) is 0 Å². The Morgan fingerprint density at radius 2 is 1.56 bits per heavy atom. The molecule has 0 radical (unpaired) electrons. The number of carbonyl (C=O) groups is 3. The predicted molar refractivity (Wildman–Crippen MR) is 127 cm³/mol. The van der Waals surface area contributed by atoms with Crippen molar-refractivity contribution in [1.82, 2.24) is 10.2 Å². The third kappa shape index (κ3) is 5.56. The molecule has 0 spiro atoms. The molecule has 1 aliphatic carbocycles. The fraction of sp³-hybridized carbons (Fsp3) is 0.423. The fourth-order valence-electron chi connectivity index (χ4n) is 4.42. The molecule has 3 rings (SSSR count). The zero-order chi connectivity index (χ0) is 24.9. The van der Waals surface area contributed by atoms with Crippen molar-refractivity contribution in [3.8, 4) is 11.1 Å². The average Bonchev–Trinajstić information content (AvgIpc) is 3.15. The second-order valence-electron chi connectivity index (χ2n) is 8.75. The molecule has 0 heterocycles. The highest BCUT2D eigenvalue weighted by atomic mass is 16.5. The van der Waals surface area contributed by atoms with E-state index in [0.29, 0.717) is 12.8 Å². The van der Waals surface area contributed by atoms with Crippen molar-refractivity contribution in [2.75, 3.05) is 20.2 Å². The van der Waals surface area contributed by atoms with Crippen molar-refractivity contribution in [2.24, 2.45) is 0 Å². The molecule has 2 aromatic carbocycles. The summed E-state index contributed by atoms with van der Waals surface area (Å²) in [6.45, 7) is 3.70. The maximum absolute atomic E-state index is 12.9. The third-order valence-corrected chi connectivity index (χ3v) is 6.54. The number of ether oxygens (including phenoxy) is 1. The van der Waals surface area contributed by atoms with Crippen molar-refractivity contribution in [3.63, 3.8) is 0 Å². The number of hydrogen-bond acceptors (Lipinski definition) is 5. The van der Waals surface area contributed by atoms with Crippen LogP contribution in [-0.2, 0) is 14.3 Å². The molecule has 34 heavy (non-hydrogen) atoms. The summed E-state index contributed by atoms with van der Waals surface area (Å²) >= 11 is 0. The van der Waals surface area contributed by atoms with Crippen LogP contribution in [0.2, 0.25) is 0 Å². The van der Waals surface area contributed by atoms with Gasteiger partial charge in [0.2, 0.25) is 5.91 Å². The van der Waals surface area contributed by atoms with Gasteiger partial charge in [-0.05, 0) is 35.1 Å². The van der Waals surface area contributed by atoms with E-state index in [9.17, 15) is 24.6 Å². The van der Waals surface area contributed by atoms with Crippen LogP contribution >= 0.6 is 0 Å². The van der Waals surface area contributed by atoms with Crippen molar-refractivity contribution in [2.45, 2.75) is 50.7 Å². The molecule has 1 unspecified atom stereocenters. The van der Waals surface area contributed by atoms with Crippen LogP contribution in [0.15, 0.2) is 48.5 Å². The topological polar surface area (TPSA) is 116 Å². The Bertz CT molecular complexity index is 1000. The number of nitrogens with one attached hydrogen (secondary N) is 1. The highest BCUT2D eigenvalue weighted by Gasteiger charge is 2.33. The molecule has 2 aromatic rings. The van der Waals surface area contributed by atoms with Crippen LogP contribution in [0, 0.1) is 0 Å². The largest absolute Gasteiger partial charge is 0.481 e. The summed E-state index contributed by atoms with van der Waals surface area (Å²) in [6.07, 6.45) is -0.588. The smallest absolute Gasteiger partial charge is 0.407 e. The lowest BCUT2D eigenvalue weighted by Crippen LogP contribution is -2.52. The number of carboxylic acid groups (broad SMARTS) is 1. The maximum atomic E-state index is 12.9. The van der Waals surface area contributed by atoms with Crippen molar-refractivity contribution in [1.29, 1.82) is 0 Å². The van der Waals surface area contributed by atoms with E-state index in [1.165, 1.54) is 11.9 Å². The second-order valence-corrected chi connectivity index (χ2v) is 8.75. The van der Waals surface area contributed by atoms with E-state index in [1.54, 1.807) is 0 Å². The van der Waals surface area contributed by atoms with E-state index in [1.807, 2.05) is 62.4 Å². The number of carbonyl (C=O) groups excluding carboxylic acids is 2. The molecule has 0 fully saturated rings. The molecule has 0 bridgehead atoms. The number of likely N-dealkylation sites (N-methyl/N-ethyl adjacent to an activating group) is 1. The summed E-state index contributed by atoms with van der Waals surface area (Å²) < 4.78 is 5.46. The van der Waals surface area contributed by atoms with E-state index < -0.39 is 36.0 Å². The first-order valence-corrected chi connectivity index (χ1v) is 11.5. The first-order valence-electron chi connectivity index (χ1n) is 11.5. The van der Waals surface area contributed by atoms with E-state index in [-0.39, 0.29) is 19.1 Å². The van der Waals surface area contributed by atoms with Crippen molar-refractivity contribution in [3.05, 3.63) is 59.7 Å². The Balaban J connectivity index is 1.68. The number of aliphatic hydroxyl groups is 1. The zero-order valence-corrected chi connectivity index (χ0v) is 19.8. The van der Waals surface area contributed by atoms with Gasteiger partial charge in [0.1, 0.15) is 12.6 Å². The Morgan fingerprint density at radius 1 is 1.03 bits per heavy atom. The third-order valence-electron chi connectivity index (χ3n) is 6.54. The van der Waals surface area contributed by atoms with Crippen LogP contribution in [-0.4, -0.2) is 64.9 Å². The summed E-state index contributed by atoms with van der Waals surface area (Å²) in [5.41, 5.74) is 3.20. The number of amides is 2. The van der Waals surface area contributed by atoms with E-state index in [0.717, 1.165) is 22.3 Å². The Kier molecular flexibility index (Phi) is 7.94. The summed E-state index contributed by atoms with van der Waals surface area (Å²) in [6, 6.07) is 14.5. The SMILES string of the molecule is CCC(O)(CC)CN(C)C(=O)C(CC(=O)O)NC(=O)OCC1c2ccccc2-c2ccccc21. The van der Waals surface area contributed by atoms with Gasteiger partial charge in [-0.25, -0.2) is 4.79 Å². The van der Waals surface area contributed by atoms with E-state index in [4.69, 9.17) is 4.74 Å². The Morgan fingerprint density at radius 3 is 2.06 bits per heavy atom. The molecule has 1 atom stereocenters. The highest BCUT2D eigenvalue weighted by molar-refractivity contribution is 5.89. The normalized spacial score (nSPS) is 13.5. The van der Waals surface area contributed by atoms with Crippen LogP contribution in [0.1, 0.15) is 50.2 Å². The van der Waals surface area contributed by atoms with Crippen LogP contribution in [0.3, 0.4) is 0 Å². The molecule has 0 aromatic heterocycles. The minimum Gasteiger partial charge on any atom is -0.481 e. The van der Waals surface area contributed by atoms with E-state index >= 15 is 0 Å². The van der Waals surface area contributed by atoms with Gasteiger partial charge in [0, 0.05) is 19.5 Å². The molecule has 8 heteroatoms. The molecule has 0 saturated heterocycles. The van der Waals surface area contributed by atoms with Crippen LogP contribution in [0.5, 0.6) is 0 Å². The zero-order valence-electron chi connectivity index (χ0n) is 19.8. The van der Waals surface area contributed by atoms with Gasteiger partial charge >= 0.3 is 12.1 Å². The molecule has 0 saturated carbocycles.